The summed E-state index contributed by atoms with van der Waals surface area (Å²) in [5.41, 5.74) is 2.20. The lowest BCUT2D eigenvalue weighted by Gasteiger charge is -2.29. The molecular formula is C17H15Cl2NO3. The van der Waals surface area contributed by atoms with Crippen molar-refractivity contribution in [3.05, 3.63) is 51.5 Å². The minimum absolute atomic E-state index is 0.275. The normalized spacial score (nSPS) is 16.1. The first kappa shape index (κ1) is 14.9. The van der Waals surface area contributed by atoms with Gasteiger partial charge in [0.05, 0.1) is 0 Å². The number of rotatable bonds is 3. The van der Waals surface area contributed by atoms with Gasteiger partial charge < -0.3 is 14.2 Å². The molecule has 2 aromatic carbocycles. The molecule has 0 amide bonds. The predicted octanol–water partition coefficient (Wildman–Crippen LogP) is 4.12. The van der Waals surface area contributed by atoms with Crippen molar-refractivity contribution in [1.29, 1.82) is 0 Å². The Kier molecular flexibility index (Phi) is 3.97. The number of benzene rings is 2. The molecule has 4 nitrogen and oxygen atoms in total. The van der Waals surface area contributed by atoms with E-state index in [1.54, 1.807) is 6.07 Å². The minimum Gasteiger partial charge on any atom is -0.478 e. The van der Waals surface area contributed by atoms with Gasteiger partial charge in [0.2, 0.25) is 6.79 Å². The molecule has 6 heteroatoms. The van der Waals surface area contributed by atoms with Gasteiger partial charge in [-0.15, -0.1) is 0 Å². The van der Waals surface area contributed by atoms with E-state index in [-0.39, 0.29) is 6.79 Å². The third-order valence-electron chi connectivity index (χ3n) is 4.06. The van der Waals surface area contributed by atoms with Gasteiger partial charge in [0.15, 0.2) is 11.5 Å². The Balaban J connectivity index is 1.44. The molecule has 2 aliphatic heterocycles. The van der Waals surface area contributed by atoms with Crippen LogP contribution in [0.5, 0.6) is 17.2 Å². The van der Waals surface area contributed by atoms with Crippen molar-refractivity contribution < 1.29 is 14.2 Å². The molecule has 120 valence electrons. The zero-order valence-corrected chi connectivity index (χ0v) is 13.9. The Morgan fingerprint density at radius 2 is 1.78 bits per heavy atom. The van der Waals surface area contributed by atoms with Gasteiger partial charge in [-0.1, -0.05) is 29.3 Å². The van der Waals surface area contributed by atoms with Gasteiger partial charge in [0.1, 0.15) is 12.5 Å². The van der Waals surface area contributed by atoms with E-state index in [0.717, 1.165) is 47.9 Å². The molecule has 2 heterocycles. The summed E-state index contributed by atoms with van der Waals surface area (Å²) >= 11 is 12.2. The van der Waals surface area contributed by atoms with E-state index in [9.17, 15) is 0 Å². The number of ether oxygens (including phenoxy) is 3. The van der Waals surface area contributed by atoms with Crippen LogP contribution in [0.15, 0.2) is 30.3 Å². The summed E-state index contributed by atoms with van der Waals surface area (Å²) in [7, 11) is 0. The monoisotopic (exact) mass is 351 g/mol. The summed E-state index contributed by atoms with van der Waals surface area (Å²) in [5.74, 6) is 2.41. The molecule has 0 aliphatic carbocycles. The first-order chi connectivity index (χ1) is 11.2. The molecule has 2 aromatic rings. The number of fused-ring (bicyclic) bond motifs is 2. The SMILES string of the molecule is Clc1ccc(CCN2COc3cc4c(cc3C2)OCO4)c(Cl)c1. The maximum absolute atomic E-state index is 6.23. The van der Waals surface area contributed by atoms with Crippen LogP contribution in [0, 0.1) is 0 Å². The van der Waals surface area contributed by atoms with E-state index in [0.29, 0.717) is 16.8 Å². The summed E-state index contributed by atoms with van der Waals surface area (Å²) in [4.78, 5) is 2.23. The molecule has 23 heavy (non-hydrogen) atoms. The summed E-state index contributed by atoms with van der Waals surface area (Å²) in [6.07, 6.45) is 0.846. The Morgan fingerprint density at radius 3 is 2.61 bits per heavy atom. The Labute approximate surface area is 144 Å². The summed E-state index contributed by atoms with van der Waals surface area (Å²) in [5, 5.41) is 1.37. The molecule has 0 saturated heterocycles. The highest BCUT2D eigenvalue weighted by molar-refractivity contribution is 6.35. The standard InChI is InChI=1S/C17H15Cl2NO3/c18-13-2-1-11(14(19)6-13)3-4-20-8-12-5-16-17(23-10-22-16)7-15(12)21-9-20/h1-2,5-7H,3-4,8-10H2. The summed E-state index contributed by atoms with van der Waals surface area (Å²) < 4.78 is 16.6. The van der Waals surface area contributed by atoms with Gasteiger partial charge >= 0.3 is 0 Å². The third-order valence-corrected chi connectivity index (χ3v) is 4.65. The molecule has 0 bridgehead atoms. The number of nitrogens with zero attached hydrogens (tertiary/aromatic N) is 1. The van der Waals surface area contributed by atoms with Crippen LogP contribution in [0.25, 0.3) is 0 Å². The maximum atomic E-state index is 6.23. The predicted molar refractivity (Wildman–Crippen MR) is 88.6 cm³/mol. The van der Waals surface area contributed by atoms with Crippen LogP contribution in [0.2, 0.25) is 10.0 Å². The molecule has 0 unspecified atom stereocenters. The van der Waals surface area contributed by atoms with Gasteiger partial charge in [-0.05, 0) is 30.2 Å². The van der Waals surface area contributed by atoms with Crippen LogP contribution < -0.4 is 14.2 Å². The fourth-order valence-electron chi connectivity index (χ4n) is 2.82. The average molecular weight is 352 g/mol. The Morgan fingerprint density at radius 1 is 0.957 bits per heavy atom. The molecule has 0 saturated carbocycles. The highest BCUT2D eigenvalue weighted by Crippen LogP contribution is 2.39. The van der Waals surface area contributed by atoms with Crippen molar-refractivity contribution >= 4 is 23.2 Å². The lowest BCUT2D eigenvalue weighted by Crippen LogP contribution is -2.33. The molecule has 0 aromatic heterocycles. The first-order valence-corrected chi connectivity index (χ1v) is 8.16. The summed E-state index contributed by atoms with van der Waals surface area (Å²) in [6.45, 7) is 2.50. The molecule has 0 fully saturated rings. The topological polar surface area (TPSA) is 30.9 Å². The van der Waals surface area contributed by atoms with Crippen LogP contribution in [0.4, 0.5) is 0 Å². The average Bonchev–Trinajstić information content (AvgIpc) is 2.99. The Hall–Kier alpha value is -1.62. The zero-order valence-electron chi connectivity index (χ0n) is 12.4. The third kappa shape index (κ3) is 3.07. The van der Waals surface area contributed by atoms with Crippen molar-refractivity contribution in [1.82, 2.24) is 4.90 Å². The van der Waals surface area contributed by atoms with Gasteiger partial charge in [-0.2, -0.15) is 0 Å². The molecule has 0 spiro atoms. The smallest absolute Gasteiger partial charge is 0.231 e. The second-order valence-corrected chi connectivity index (χ2v) is 6.47. The number of halogens is 2. The van der Waals surface area contributed by atoms with E-state index < -0.39 is 0 Å². The molecule has 0 N–H and O–H groups in total. The van der Waals surface area contributed by atoms with Gasteiger partial charge in [-0.3, -0.25) is 4.90 Å². The van der Waals surface area contributed by atoms with Crippen molar-refractivity contribution in [2.45, 2.75) is 13.0 Å². The van der Waals surface area contributed by atoms with E-state index in [4.69, 9.17) is 37.4 Å². The van der Waals surface area contributed by atoms with Crippen LogP contribution in [-0.2, 0) is 13.0 Å². The van der Waals surface area contributed by atoms with Crippen molar-refractivity contribution in [2.75, 3.05) is 20.1 Å². The fourth-order valence-corrected chi connectivity index (χ4v) is 3.32. The largest absolute Gasteiger partial charge is 0.478 e. The number of hydrogen-bond donors (Lipinski definition) is 0. The minimum atomic E-state index is 0.275. The molecule has 2 aliphatic rings. The van der Waals surface area contributed by atoms with Crippen LogP contribution in [0.1, 0.15) is 11.1 Å². The van der Waals surface area contributed by atoms with Gasteiger partial charge in [0, 0.05) is 34.8 Å². The van der Waals surface area contributed by atoms with E-state index >= 15 is 0 Å². The molecular weight excluding hydrogens is 337 g/mol. The van der Waals surface area contributed by atoms with Gasteiger partial charge in [-0.25, -0.2) is 0 Å². The van der Waals surface area contributed by atoms with Gasteiger partial charge in [0.25, 0.3) is 0 Å². The molecule has 4 rings (SSSR count). The second kappa shape index (κ2) is 6.11. The van der Waals surface area contributed by atoms with E-state index in [2.05, 4.69) is 4.90 Å². The molecule has 0 atom stereocenters. The van der Waals surface area contributed by atoms with Crippen molar-refractivity contribution in [3.63, 3.8) is 0 Å². The Bertz CT molecular complexity index is 751. The van der Waals surface area contributed by atoms with Crippen LogP contribution in [-0.4, -0.2) is 25.0 Å². The fraction of sp³-hybridized carbons (Fsp3) is 0.294. The van der Waals surface area contributed by atoms with Crippen molar-refractivity contribution in [3.8, 4) is 17.2 Å². The van der Waals surface area contributed by atoms with Crippen LogP contribution >= 0.6 is 23.2 Å². The zero-order chi connectivity index (χ0) is 15.8. The molecule has 0 radical (unpaired) electrons. The quantitative estimate of drug-likeness (QED) is 0.832. The summed E-state index contributed by atoms with van der Waals surface area (Å²) in [6, 6.07) is 9.53. The highest BCUT2D eigenvalue weighted by atomic mass is 35.5. The van der Waals surface area contributed by atoms with Crippen LogP contribution in [0.3, 0.4) is 0 Å². The van der Waals surface area contributed by atoms with Crippen molar-refractivity contribution in [2.24, 2.45) is 0 Å². The van der Waals surface area contributed by atoms with E-state index in [1.807, 2.05) is 24.3 Å². The second-order valence-electron chi connectivity index (χ2n) is 5.62. The number of hydrogen-bond acceptors (Lipinski definition) is 4. The maximum Gasteiger partial charge on any atom is 0.231 e. The lowest BCUT2D eigenvalue weighted by molar-refractivity contribution is 0.0963. The lowest BCUT2D eigenvalue weighted by atomic mass is 10.1. The van der Waals surface area contributed by atoms with E-state index in [1.165, 1.54) is 0 Å². The first-order valence-electron chi connectivity index (χ1n) is 7.40. The highest BCUT2D eigenvalue weighted by Gasteiger charge is 2.23.